The van der Waals surface area contributed by atoms with Gasteiger partial charge in [-0.2, -0.15) is 0 Å². The summed E-state index contributed by atoms with van der Waals surface area (Å²) in [4.78, 5) is 0. The Morgan fingerprint density at radius 1 is 0.900 bits per heavy atom. The topological polar surface area (TPSA) is 12.0 Å². The molecule has 106 valence electrons. The van der Waals surface area contributed by atoms with Crippen molar-refractivity contribution < 1.29 is 4.39 Å². The number of hydrogen-bond acceptors (Lipinski definition) is 1. The summed E-state index contributed by atoms with van der Waals surface area (Å²) < 4.78 is 13.0. The highest BCUT2D eigenvalue weighted by atomic mass is 19.1. The molecule has 2 rings (SSSR count). The summed E-state index contributed by atoms with van der Waals surface area (Å²) in [5.41, 5.74) is 2.56. The molecule has 0 aliphatic rings. The zero-order valence-electron chi connectivity index (χ0n) is 12.0. The number of rotatable bonds is 7. The highest BCUT2D eigenvalue weighted by Crippen LogP contribution is 2.15. The quantitative estimate of drug-likeness (QED) is 0.807. The second-order valence-electron chi connectivity index (χ2n) is 5.19. The molecule has 0 spiro atoms. The van der Waals surface area contributed by atoms with Crippen LogP contribution in [0, 0.1) is 11.7 Å². The first kappa shape index (κ1) is 14.7. The van der Waals surface area contributed by atoms with Crippen LogP contribution in [0.2, 0.25) is 0 Å². The van der Waals surface area contributed by atoms with E-state index in [1.54, 1.807) is 12.1 Å². The molecule has 0 saturated heterocycles. The maximum absolute atomic E-state index is 13.0. The van der Waals surface area contributed by atoms with Crippen LogP contribution in [-0.2, 0) is 12.8 Å². The molecule has 1 atom stereocenters. The zero-order chi connectivity index (χ0) is 14.2. The number of benzene rings is 2. The molecule has 1 unspecified atom stereocenters. The lowest BCUT2D eigenvalue weighted by atomic mass is 9.92. The maximum atomic E-state index is 13.0. The summed E-state index contributed by atoms with van der Waals surface area (Å²) in [6.07, 6.45) is 2.02. The van der Waals surface area contributed by atoms with Crippen LogP contribution in [0.3, 0.4) is 0 Å². The summed E-state index contributed by atoms with van der Waals surface area (Å²) >= 11 is 0. The lowest BCUT2D eigenvalue weighted by Crippen LogP contribution is -2.25. The zero-order valence-corrected chi connectivity index (χ0v) is 12.0. The second kappa shape index (κ2) is 7.81. The molecule has 0 aliphatic heterocycles. The van der Waals surface area contributed by atoms with Gasteiger partial charge in [0.2, 0.25) is 0 Å². The highest BCUT2D eigenvalue weighted by molar-refractivity contribution is 5.19. The van der Waals surface area contributed by atoms with Crippen molar-refractivity contribution in [2.75, 3.05) is 13.1 Å². The van der Waals surface area contributed by atoms with E-state index in [0.717, 1.165) is 25.9 Å². The maximum Gasteiger partial charge on any atom is 0.123 e. The first-order valence-electron chi connectivity index (χ1n) is 7.27. The molecule has 0 saturated carbocycles. The minimum Gasteiger partial charge on any atom is -0.317 e. The van der Waals surface area contributed by atoms with E-state index in [2.05, 4.69) is 36.5 Å². The third kappa shape index (κ3) is 4.78. The highest BCUT2D eigenvalue weighted by Gasteiger charge is 2.10. The van der Waals surface area contributed by atoms with E-state index in [0.29, 0.717) is 5.92 Å². The van der Waals surface area contributed by atoms with Gasteiger partial charge in [-0.3, -0.25) is 0 Å². The van der Waals surface area contributed by atoms with E-state index in [1.165, 1.54) is 11.1 Å². The van der Waals surface area contributed by atoms with E-state index >= 15 is 0 Å². The van der Waals surface area contributed by atoms with Gasteiger partial charge in [-0.1, -0.05) is 49.4 Å². The van der Waals surface area contributed by atoms with Gasteiger partial charge in [0.05, 0.1) is 0 Å². The van der Waals surface area contributed by atoms with Crippen molar-refractivity contribution in [1.82, 2.24) is 5.32 Å². The molecule has 0 amide bonds. The normalized spacial score (nSPS) is 12.3. The van der Waals surface area contributed by atoms with Gasteiger partial charge in [0, 0.05) is 0 Å². The standard InChI is InChI=1S/C18H22FN/c1-2-20-14-17(12-15-6-4-3-5-7-15)13-16-8-10-18(19)11-9-16/h3-11,17,20H,2,12-14H2,1H3. The Balaban J connectivity index is 2.01. The van der Waals surface area contributed by atoms with Crippen molar-refractivity contribution in [3.05, 3.63) is 71.5 Å². The van der Waals surface area contributed by atoms with Crippen LogP contribution in [0.4, 0.5) is 4.39 Å². The first-order chi connectivity index (χ1) is 9.78. The van der Waals surface area contributed by atoms with E-state index in [-0.39, 0.29) is 5.82 Å². The number of nitrogens with one attached hydrogen (secondary N) is 1. The van der Waals surface area contributed by atoms with Crippen LogP contribution >= 0.6 is 0 Å². The average molecular weight is 271 g/mol. The van der Waals surface area contributed by atoms with Gasteiger partial charge in [0.25, 0.3) is 0 Å². The van der Waals surface area contributed by atoms with Crippen molar-refractivity contribution >= 4 is 0 Å². The van der Waals surface area contributed by atoms with E-state index < -0.39 is 0 Å². The molecule has 1 N–H and O–H groups in total. The molecule has 0 bridgehead atoms. The van der Waals surface area contributed by atoms with Gasteiger partial charge in [0.15, 0.2) is 0 Å². The Hall–Kier alpha value is -1.67. The Morgan fingerprint density at radius 3 is 2.10 bits per heavy atom. The summed E-state index contributed by atoms with van der Waals surface area (Å²) in [6, 6.07) is 17.4. The van der Waals surface area contributed by atoms with Gasteiger partial charge < -0.3 is 5.32 Å². The van der Waals surface area contributed by atoms with Crippen molar-refractivity contribution in [1.29, 1.82) is 0 Å². The molecule has 0 radical (unpaired) electrons. The first-order valence-corrected chi connectivity index (χ1v) is 7.27. The van der Waals surface area contributed by atoms with E-state index in [4.69, 9.17) is 0 Å². The third-order valence-corrected chi connectivity index (χ3v) is 3.49. The van der Waals surface area contributed by atoms with Crippen LogP contribution in [-0.4, -0.2) is 13.1 Å². The van der Waals surface area contributed by atoms with Gasteiger partial charge in [-0.25, -0.2) is 4.39 Å². The Kier molecular flexibility index (Phi) is 5.75. The molecule has 2 aromatic rings. The van der Waals surface area contributed by atoms with Gasteiger partial charge in [-0.05, 0) is 55.1 Å². The predicted octanol–water partition coefficient (Wildman–Crippen LogP) is 3.84. The van der Waals surface area contributed by atoms with Crippen molar-refractivity contribution in [3.63, 3.8) is 0 Å². The van der Waals surface area contributed by atoms with Gasteiger partial charge in [0.1, 0.15) is 5.82 Å². The largest absolute Gasteiger partial charge is 0.317 e. The number of halogens is 1. The fourth-order valence-corrected chi connectivity index (χ4v) is 2.47. The van der Waals surface area contributed by atoms with Crippen molar-refractivity contribution in [2.45, 2.75) is 19.8 Å². The minimum atomic E-state index is -0.167. The SMILES string of the molecule is CCNCC(Cc1ccccc1)Cc1ccc(F)cc1. The van der Waals surface area contributed by atoms with Crippen LogP contribution in [0.15, 0.2) is 54.6 Å². The molecular formula is C18H22FN. The van der Waals surface area contributed by atoms with E-state index in [9.17, 15) is 4.39 Å². The summed E-state index contributed by atoms with van der Waals surface area (Å²) in [5, 5.41) is 3.43. The summed E-state index contributed by atoms with van der Waals surface area (Å²) in [6.45, 7) is 4.09. The van der Waals surface area contributed by atoms with Crippen LogP contribution in [0.5, 0.6) is 0 Å². The molecule has 0 aromatic heterocycles. The lowest BCUT2D eigenvalue weighted by molar-refractivity contribution is 0.478. The minimum absolute atomic E-state index is 0.167. The third-order valence-electron chi connectivity index (χ3n) is 3.49. The molecule has 1 nitrogen and oxygen atoms in total. The number of hydrogen-bond donors (Lipinski definition) is 1. The predicted molar refractivity (Wildman–Crippen MR) is 82.3 cm³/mol. The Labute approximate surface area is 120 Å². The summed E-state index contributed by atoms with van der Waals surface area (Å²) in [7, 11) is 0. The van der Waals surface area contributed by atoms with E-state index in [1.807, 2.05) is 18.2 Å². The molecular weight excluding hydrogens is 249 g/mol. The molecule has 20 heavy (non-hydrogen) atoms. The lowest BCUT2D eigenvalue weighted by Gasteiger charge is -2.17. The smallest absolute Gasteiger partial charge is 0.123 e. The van der Waals surface area contributed by atoms with Gasteiger partial charge in [-0.15, -0.1) is 0 Å². The Morgan fingerprint density at radius 2 is 1.50 bits per heavy atom. The monoisotopic (exact) mass is 271 g/mol. The fraction of sp³-hybridized carbons (Fsp3) is 0.333. The van der Waals surface area contributed by atoms with Crippen LogP contribution in [0.1, 0.15) is 18.1 Å². The van der Waals surface area contributed by atoms with Gasteiger partial charge >= 0.3 is 0 Å². The molecule has 0 heterocycles. The van der Waals surface area contributed by atoms with Crippen LogP contribution in [0.25, 0.3) is 0 Å². The average Bonchev–Trinajstić information content (AvgIpc) is 2.48. The fourth-order valence-electron chi connectivity index (χ4n) is 2.47. The van der Waals surface area contributed by atoms with Crippen LogP contribution < -0.4 is 5.32 Å². The Bertz CT molecular complexity index is 493. The van der Waals surface area contributed by atoms with Crippen molar-refractivity contribution in [2.24, 2.45) is 5.92 Å². The molecule has 2 aromatic carbocycles. The molecule has 0 fully saturated rings. The van der Waals surface area contributed by atoms with Crippen molar-refractivity contribution in [3.8, 4) is 0 Å². The second-order valence-corrected chi connectivity index (χ2v) is 5.19. The summed E-state index contributed by atoms with van der Waals surface area (Å²) in [5.74, 6) is 0.364. The molecule has 0 aliphatic carbocycles. The molecule has 2 heteroatoms.